The molecule has 2 heterocycles. The summed E-state index contributed by atoms with van der Waals surface area (Å²) >= 11 is 0. The van der Waals surface area contributed by atoms with Gasteiger partial charge < -0.3 is 14.6 Å². The molecule has 5 heteroatoms. The fourth-order valence-electron chi connectivity index (χ4n) is 5.29. The number of rotatable bonds is 4. The Kier molecular flexibility index (Phi) is 4.16. The topological polar surface area (TPSA) is 62.6 Å². The minimum absolute atomic E-state index is 0.0509. The zero-order chi connectivity index (χ0) is 18.5. The van der Waals surface area contributed by atoms with Gasteiger partial charge in [0.05, 0.1) is 11.8 Å². The highest BCUT2D eigenvalue weighted by atomic mass is 16.3. The van der Waals surface area contributed by atoms with Gasteiger partial charge in [0.25, 0.3) is 5.91 Å². The van der Waals surface area contributed by atoms with E-state index in [0.29, 0.717) is 16.9 Å². The summed E-state index contributed by atoms with van der Waals surface area (Å²) in [5.41, 5.74) is 1.94. The van der Waals surface area contributed by atoms with Crippen LogP contribution in [0.15, 0.2) is 16.9 Å². The van der Waals surface area contributed by atoms with Crippen molar-refractivity contribution < 1.29 is 14.0 Å². The zero-order valence-electron chi connectivity index (χ0n) is 16.1. The summed E-state index contributed by atoms with van der Waals surface area (Å²) in [4.78, 5) is 27.3. The largest absolute Gasteiger partial charge is 0.471 e. The molecular formula is C21H30N2O3. The maximum Gasteiger partial charge on any atom is 0.255 e. The molecule has 26 heavy (non-hydrogen) atoms. The second-order valence-electron chi connectivity index (χ2n) is 9.21. The first kappa shape index (κ1) is 17.6. The SMILES string of the molecule is CCC1(C)CC(C(=O)N2CC3(CCCC3NC(=O)c3cocc3C)C2)C1. The van der Waals surface area contributed by atoms with Crippen LogP contribution in [0, 0.1) is 23.7 Å². The van der Waals surface area contributed by atoms with Gasteiger partial charge in [-0.2, -0.15) is 0 Å². The summed E-state index contributed by atoms with van der Waals surface area (Å²) in [5, 5.41) is 3.22. The normalized spacial score (nSPS) is 32.2. The first-order chi connectivity index (χ1) is 12.4. The molecule has 0 bridgehead atoms. The van der Waals surface area contributed by atoms with Gasteiger partial charge in [0.2, 0.25) is 5.91 Å². The molecule has 2 amide bonds. The summed E-state index contributed by atoms with van der Waals surface area (Å²) in [6.07, 6.45) is 9.57. The van der Waals surface area contributed by atoms with Crippen molar-refractivity contribution in [2.45, 2.75) is 65.3 Å². The van der Waals surface area contributed by atoms with E-state index in [0.717, 1.165) is 57.2 Å². The van der Waals surface area contributed by atoms with E-state index in [-0.39, 0.29) is 23.3 Å². The summed E-state index contributed by atoms with van der Waals surface area (Å²) in [6, 6.07) is 0.163. The molecule has 5 nitrogen and oxygen atoms in total. The van der Waals surface area contributed by atoms with E-state index in [1.165, 1.54) is 6.26 Å². The van der Waals surface area contributed by atoms with Crippen molar-refractivity contribution >= 4 is 11.8 Å². The monoisotopic (exact) mass is 358 g/mol. The van der Waals surface area contributed by atoms with E-state index in [1.54, 1.807) is 6.26 Å². The molecule has 1 unspecified atom stereocenters. The average molecular weight is 358 g/mol. The standard InChI is InChI=1S/C21H30N2O3/c1-4-20(3)8-15(9-20)19(25)23-12-21(13-23)7-5-6-17(21)22-18(24)16-11-26-10-14(16)2/h10-11,15,17H,4-9,12-13H2,1-3H3,(H,22,24). The van der Waals surface area contributed by atoms with Crippen molar-refractivity contribution in [2.24, 2.45) is 16.7 Å². The fourth-order valence-corrected chi connectivity index (χ4v) is 5.29. The van der Waals surface area contributed by atoms with Crippen LogP contribution in [0.25, 0.3) is 0 Å². The minimum Gasteiger partial charge on any atom is -0.471 e. The lowest BCUT2D eigenvalue weighted by molar-refractivity contribution is -0.156. The van der Waals surface area contributed by atoms with Crippen LogP contribution in [0.2, 0.25) is 0 Å². The number of hydrogen-bond acceptors (Lipinski definition) is 3. The Labute approximate surface area is 155 Å². The molecule has 1 aliphatic heterocycles. The van der Waals surface area contributed by atoms with Crippen LogP contribution in [0.1, 0.15) is 68.3 Å². The molecule has 0 radical (unpaired) electrons. The molecule has 142 valence electrons. The number of amides is 2. The van der Waals surface area contributed by atoms with Gasteiger partial charge in [-0.3, -0.25) is 9.59 Å². The second-order valence-corrected chi connectivity index (χ2v) is 9.21. The predicted molar refractivity (Wildman–Crippen MR) is 98.7 cm³/mol. The van der Waals surface area contributed by atoms with Crippen molar-refractivity contribution in [3.63, 3.8) is 0 Å². The Balaban J connectivity index is 1.34. The third kappa shape index (κ3) is 2.76. The average Bonchev–Trinajstić information content (AvgIpc) is 3.16. The summed E-state index contributed by atoms with van der Waals surface area (Å²) in [6.45, 7) is 8.00. The molecule has 1 saturated heterocycles. The van der Waals surface area contributed by atoms with E-state index < -0.39 is 0 Å². The first-order valence-corrected chi connectivity index (χ1v) is 9.98. The molecule has 4 rings (SSSR count). The van der Waals surface area contributed by atoms with E-state index in [1.807, 2.05) is 11.8 Å². The molecule has 2 aliphatic carbocycles. The van der Waals surface area contributed by atoms with E-state index in [9.17, 15) is 9.59 Å². The second kappa shape index (κ2) is 6.14. The smallest absolute Gasteiger partial charge is 0.255 e. The lowest BCUT2D eigenvalue weighted by Crippen LogP contribution is -2.66. The lowest BCUT2D eigenvalue weighted by Gasteiger charge is -2.54. The van der Waals surface area contributed by atoms with Crippen LogP contribution in [-0.2, 0) is 4.79 Å². The number of hydrogen-bond donors (Lipinski definition) is 1. The van der Waals surface area contributed by atoms with Crippen LogP contribution >= 0.6 is 0 Å². The van der Waals surface area contributed by atoms with Gasteiger partial charge in [-0.05, 0) is 43.6 Å². The van der Waals surface area contributed by atoms with Gasteiger partial charge in [-0.1, -0.05) is 26.7 Å². The Morgan fingerprint density at radius 3 is 2.65 bits per heavy atom. The molecule has 1 spiro atoms. The van der Waals surface area contributed by atoms with E-state index >= 15 is 0 Å². The number of nitrogens with one attached hydrogen (secondary N) is 1. The van der Waals surface area contributed by atoms with Crippen LogP contribution in [-0.4, -0.2) is 35.8 Å². The van der Waals surface area contributed by atoms with Gasteiger partial charge in [0.15, 0.2) is 0 Å². The maximum absolute atomic E-state index is 12.7. The molecule has 3 fully saturated rings. The van der Waals surface area contributed by atoms with Crippen LogP contribution < -0.4 is 5.32 Å². The van der Waals surface area contributed by atoms with Gasteiger partial charge in [0.1, 0.15) is 6.26 Å². The van der Waals surface area contributed by atoms with E-state index in [4.69, 9.17) is 4.42 Å². The number of nitrogens with zero attached hydrogens (tertiary/aromatic N) is 1. The number of aryl methyl sites for hydroxylation is 1. The highest BCUT2D eigenvalue weighted by Crippen LogP contribution is 2.51. The van der Waals surface area contributed by atoms with Crippen molar-refractivity contribution in [1.29, 1.82) is 0 Å². The number of furan rings is 1. The Morgan fingerprint density at radius 2 is 2.04 bits per heavy atom. The Hall–Kier alpha value is -1.78. The number of carbonyl (C=O) groups is 2. The molecule has 1 N–H and O–H groups in total. The third-order valence-corrected chi connectivity index (χ3v) is 7.32. The molecule has 0 aromatic carbocycles. The Bertz CT molecular complexity index is 711. The van der Waals surface area contributed by atoms with E-state index in [2.05, 4.69) is 19.2 Å². The Morgan fingerprint density at radius 1 is 1.31 bits per heavy atom. The zero-order valence-corrected chi connectivity index (χ0v) is 16.1. The molecule has 3 aliphatic rings. The molecule has 1 aromatic rings. The predicted octanol–water partition coefficient (Wildman–Crippen LogP) is 3.53. The fraction of sp³-hybridized carbons (Fsp3) is 0.714. The summed E-state index contributed by atoms with van der Waals surface area (Å²) in [7, 11) is 0. The molecule has 2 saturated carbocycles. The molecular weight excluding hydrogens is 328 g/mol. The maximum atomic E-state index is 12.7. The highest BCUT2D eigenvalue weighted by molar-refractivity contribution is 5.95. The lowest BCUT2D eigenvalue weighted by atomic mass is 9.61. The van der Waals surface area contributed by atoms with Crippen molar-refractivity contribution in [3.8, 4) is 0 Å². The number of likely N-dealkylation sites (tertiary alicyclic amines) is 1. The first-order valence-electron chi connectivity index (χ1n) is 9.98. The van der Waals surface area contributed by atoms with Gasteiger partial charge in [0, 0.05) is 30.5 Å². The van der Waals surface area contributed by atoms with Crippen LogP contribution in [0.5, 0.6) is 0 Å². The van der Waals surface area contributed by atoms with Crippen molar-refractivity contribution in [1.82, 2.24) is 10.2 Å². The van der Waals surface area contributed by atoms with Gasteiger partial charge in [-0.25, -0.2) is 0 Å². The van der Waals surface area contributed by atoms with Crippen molar-refractivity contribution in [3.05, 3.63) is 23.7 Å². The third-order valence-electron chi connectivity index (χ3n) is 7.32. The van der Waals surface area contributed by atoms with Crippen LogP contribution in [0.3, 0.4) is 0 Å². The van der Waals surface area contributed by atoms with Crippen LogP contribution in [0.4, 0.5) is 0 Å². The quantitative estimate of drug-likeness (QED) is 0.896. The highest BCUT2D eigenvalue weighted by Gasteiger charge is 2.55. The summed E-state index contributed by atoms with van der Waals surface area (Å²) < 4.78 is 5.13. The van der Waals surface area contributed by atoms with Gasteiger partial charge >= 0.3 is 0 Å². The summed E-state index contributed by atoms with van der Waals surface area (Å²) in [5.74, 6) is 0.509. The minimum atomic E-state index is -0.0509. The van der Waals surface area contributed by atoms with Gasteiger partial charge in [-0.15, -0.1) is 0 Å². The number of carbonyl (C=O) groups excluding carboxylic acids is 2. The molecule has 1 aromatic heterocycles. The molecule has 1 atom stereocenters. The van der Waals surface area contributed by atoms with Crippen molar-refractivity contribution in [2.75, 3.05) is 13.1 Å².